The van der Waals surface area contributed by atoms with E-state index in [-0.39, 0.29) is 5.91 Å². The molecule has 1 aromatic rings. The Morgan fingerprint density at radius 1 is 0.958 bits per heavy atom. The summed E-state index contributed by atoms with van der Waals surface area (Å²) in [6.07, 6.45) is 7.72. The molecule has 0 aliphatic carbocycles. The Morgan fingerprint density at radius 3 is 2.21 bits per heavy atom. The van der Waals surface area contributed by atoms with Crippen LogP contribution in [-0.4, -0.2) is 43.6 Å². The highest BCUT2D eigenvalue weighted by Gasteiger charge is 2.18. The van der Waals surface area contributed by atoms with Gasteiger partial charge >= 0.3 is 0 Å². The van der Waals surface area contributed by atoms with E-state index < -0.39 is 0 Å². The zero-order valence-corrected chi connectivity index (χ0v) is 15.3. The average molecular weight is 332 g/mol. The SMILES string of the molecule is CCCCCCCCOc1ccc(N2CCN(C(C)=O)CC2)cc1. The van der Waals surface area contributed by atoms with Crippen LogP contribution in [0.25, 0.3) is 0 Å². The van der Waals surface area contributed by atoms with Gasteiger partial charge < -0.3 is 14.5 Å². The Morgan fingerprint density at radius 2 is 1.58 bits per heavy atom. The molecule has 1 heterocycles. The highest BCUT2D eigenvalue weighted by atomic mass is 16.5. The van der Waals surface area contributed by atoms with Crippen LogP contribution in [0.2, 0.25) is 0 Å². The first-order chi connectivity index (χ1) is 11.7. The lowest BCUT2D eigenvalue weighted by Crippen LogP contribution is -2.48. The fourth-order valence-corrected chi connectivity index (χ4v) is 3.11. The Hall–Kier alpha value is -1.71. The molecule has 2 rings (SSSR count). The predicted molar refractivity (Wildman–Crippen MR) is 99.8 cm³/mol. The van der Waals surface area contributed by atoms with Gasteiger partial charge in [-0.15, -0.1) is 0 Å². The molecule has 0 bridgehead atoms. The maximum atomic E-state index is 11.4. The van der Waals surface area contributed by atoms with Crippen molar-refractivity contribution in [3.05, 3.63) is 24.3 Å². The molecule has 1 aliphatic rings. The molecular formula is C20H32N2O2. The van der Waals surface area contributed by atoms with Gasteiger partial charge in [-0.3, -0.25) is 4.79 Å². The van der Waals surface area contributed by atoms with E-state index in [2.05, 4.69) is 36.1 Å². The number of anilines is 1. The minimum Gasteiger partial charge on any atom is -0.494 e. The number of amides is 1. The zero-order chi connectivity index (χ0) is 17.2. The van der Waals surface area contributed by atoms with Crippen LogP contribution in [-0.2, 0) is 4.79 Å². The van der Waals surface area contributed by atoms with Crippen LogP contribution in [0, 0.1) is 0 Å². The summed E-state index contributed by atoms with van der Waals surface area (Å²) in [4.78, 5) is 15.6. The molecule has 1 fully saturated rings. The van der Waals surface area contributed by atoms with Crippen molar-refractivity contribution >= 4 is 11.6 Å². The molecule has 1 aliphatic heterocycles. The standard InChI is InChI=1S/C20H32N2O2/c1-3-4-5-6-7-8-17-24-20-11-9-19(10-12-20)22-15-13-21(14-16-22)18(2)23/h9-12H,3-8,13-17H2,1-2H3. The van der Waals surface area contributed by atoms with E-state index in [4.69, 9.17) is 4.74 Å². The number of unbranched alkanes of at least 4 members (excludes halogenated alkanes) is 5. The van der Waals surface area contributed by atoms with Crippen LogP contribution < -0.4 is 9.64 Å². The number of nitrogens with zero attached hydrogens (tertiary/aromatic N) is 2. The number of hydrogen-bond donors (Lipinski definition) is 0. The summed E-state index contributed by atoms with van der Waals surface area (Å²) in [6.45, 7) is 8.12. The fraction of sp³-hybridized carbons (Fsp3) is 0.650. The summed E-state index contributed by atoms with van der Waals surface area (Å²) < 4.78 is 5.83. The molecule has 24 heavy (non-hydrogen) atoms. The lowest BCUT2D eigenvalue weighted by atomic mass is 10.1. The molecule has 1 amide bonds. The third kappa shape index (κ3) is 6.06. The van der Waals surface area contributed by atoms with Gasteiger partial charge in [0.2, 0.25) is 5.91 Å². The average Bonchev–Trinajstić information content (AvgIpc) is 2.61. The van der Waals surface area contributed by atoms with E-state index in [1.165, 1.54) is 37.8 Å². The van der Waals surface area contributed by atoms with Gasteiger partial charge in [0.15, 0.2) is 0 Å². The van der Waals surface area contributed by atoms with Gasteiger partial charge in [0.05, 0.1) is 6.61 Å². The van der Waals surface area contributed by atoms with Gasteiger partial charge in [-0.1, -0.05) is 39.0 Å². The van der Waals surface area contributed by atoms with E-state index in [0.717, 1.165) is 45.0 Å². The number of benzene rings is 1. The molecule has 1 saturated heterocycles. The highest BCUT2D eigenvalue weighted by molar-refractivity contribution is 5.73. The van der Waals surface area contributed by atoms with Crippen LogP contribution in [0.15, 0.2) is 24.3 Å². The Labute approximate surface area is 146 Å². The topological polar surface area (TPSA) is 32.8 Å². The lowest BCUT2D eigenvalue weighted by Gasteiger charge is -2.35. The summed E-state index contributed by atoms with van der Waals surface area (Å²) in [7, 11) is 0. The molecule has 0 spiro atoms. The first-order valence-electron chi connectivity index (χ1n) is 9.44. The van der Waals surface area contributed by atoms with Crippen molar-refractivity contribution in [1.29, 1.82) is 0 Å². The second-order valence-corrected chi connectivity index (χ2v) is 6.60. The number of ether oxygens (including phenoxy) is 1. The van der Waals surface area contributed by atoms with E-state index >= 15 is 0 Å². The van der Waals surface area contributed by atoms with Crippen LogP contribution in [0.1, 0.15) is 52.4 Å². The van der Waals surface area contributed by atoms with Crippen molar-refractivity contribution in [2.45, 2.75) is 52.4 Å². The molecule has 0 saturated carbocycles. The molecular weight excluding hydrogens is 300 g/mol. The smallest absolute Gasteiger partial charge is 0.219 e. The van der Waals surface area contributed by atoms with E-state index in [1.54, 1.807) is 6.92 Å². The van der Waals surface area contributed by atoms with Crippen molar-refractivity contribution in [3.63, 3.8) is 0 Å². The van der Waals surface area contributed by atoms with Gasteiger partial charge in [0, 0.05) is 38.8 Å². The fourth-order valence-electron chi connectivity index (χ4n) is 3.11. The molecule has 4 nitrogen and oxygen atoms in total. The minimum absolute atomic E-state index is 0.174. The second-order valence-electron chi connectivity index (χ2n) is 6.60. The largest absolute Gasteiger partial charge is 0.494 e. The van der Waals surface area contributed by atoms with Crippen molar-refractivity contribution in [2.24, 2.45) is 0 Å². The van der Waals surface area contributed by atoms with Crippen molar-refractivity contribution in [3.8, 4) is 5.75 Å². The van der Waals surface area contributed by atoms with Gasteiger partial charge in [-0.2, -0.15) is 0 Å². The van der Waals surface area contributed by atoms with Crippen LogP contribution in [0.5, 0.6) is 5.75 Å². The van der Waals surface area contributed by atoms with Gasteiger partial charge in [-0.25, -0.2) is 0 Å². The minimum atomic E-state index is 0.174. The molecule has 4 heteroatoms. The Kier molecular flexibility index (Phi) is 7.93. The number of hydrogen-bond acceptors (Lipinski definition) is 3. The van der Waals surface area contributed by atoms with Crippen molar-refractivity contribution in [1.82, 2.24) is 4.90 Å². The van der Waals surface area contributed by atoms with Crippen LogP contribution >= 0.6 is 0 Å². The number of rotatable bonds is 9. The van der Waals surface area contributed by atoms with E-state index in [1.807, 2.05) is 4.90 Å². The summed E-state index contributed by atoms with van der Waals surface area (Å²) >= 11 is 0. The number of piperazine rings is 1. The predicted octanol–water partition coefficient (Wildman–Crippen LogP) is 4.09. The normalized spacial score (nSPS) is 14.8. The third-order valence-electron chi connectivity index (χ3n) is 4.69. The summed E-state index contributed by atoms with van der Waals surface area (Å²) in [5, 5.41) is 0. The van der Waals surface area contributed by atoms with E-state index in [0.29, 0.717) is 0 Å². The molecule has 134 valence electrons. The first-order valence-corrected chi connectivity index (χ1v) is 9.44. The lowest BCUT2D eigenvalue weighted by molar-refractivity contribution is -0.129. The molecule has 0 atom stereocenters. The quantitative estimate of drug-likeness (QED) is 0.638. The molecule has 0 radical (unpaired) electrons. The molecule has 0 aromatic heterocycles. The Bertz CT molecular complexity index is 479. The van der Waals surface area contributed by atoms with Crippen molar-refractivity contribution < 1.29 is 9.53 Å². The summed E-state index contributed by atoms with van der Waals surface area (Å²) in [6, 6.07) is 8.37. The van der Waals surface area contributed by atoms with Gasteiger partial charge in [0.25, 0.3) is 0 Å². The highest BCUT2D eigenvalue weighted by Crippen LogP contribution is 2.21. The molecule has 0 N–H and O–H groups in total. The van der Waals surface area contributed by atoms with Gasteiger partial charge in [0.1, 0.15) is 5.75 Å². The zero-order valence-electron chi connectivity index (χ0n) is 15.3. The molecule has 0 unspecified atom stereocenters. The van der Waals surface area contributed by atoms with Gasteiger partial charge in [-0.05, 0) is 30.7 Å². The summed E-state index contributed by atoms with van der Waals surface area (Å²) in [5.74, 6) is 1.13. The maximum absolute atomic E-state index is 11.4. The maximum Gasteiger partial charge on any atom is 0.219 e. The van der Waals surface area contributed by atoms with Crippen LogP contribution in [0.4, 0.5) is 5.69 Å². The number of carbonyl (C=O) groups excluding carboxylic acids is 1. The second kappa shape index (κ2) is 10.2. The monoisotopic (exact) mass is 332 g/mol. The van der Waals surface area contributed by atoms with Crippen LogP contribution in [0.3, 0.4) is 0 Å². The van der Waals surface area contributed by atoms with Crippen molar-refractivity contribution in [2.75, 3.05) is 37.7 Å². The third-order valence-corrected chi connectivity index (χ3v) is 4.69. The number of carbonyl (C=O) groups is 1. The molecule has 1 aromatic carbocycles. The first kappa shape index (κ1) is 18.6. The van der Waals surface area contributed by atoms with E-state index in [9.17, 15) is 4.79 Å². The Balaban J connectivity index is 1.67. The summed E-state index contributed by atoms with van der Waals surface area (Å²) in [5.41, 5.74) is 1.21.